The van der Waals surface area contributed by atoms with Crippen molar-refractivity contribution < 1.29 is 9.18 Å². The number of benzene rings is 1. The minimum Gasteiger partial charge on any atom is -0.325 e. The fourth-order valence-electron chi connectivity index (χ4n) is 1.81. The molecule has 0 aliphatic carbocycles. The minimum atomic E-state index is -0.294. The minimum absolute atomic E-state index is 0.0826. The number of halogens is 1. The molecule has 86 valence electrons. The van der Waals surface area contributed by atoms with Gasteiger partial charge in [-0.2, -0.15) is 0 Å². The van der Waals surface area contributed by atoms with Crippen LogP contribution in [0.25, 0.3) is 0 Å². The summed E-state index contributed by atoms with van der Waals surface area (Å²) in [6, 6.07) is 4.59. The van der Waals surface area contributed by atoms with Crippen molar-refractivity contribution in [3.63, 3.8) is 0 Å². The predicted molar refractivity (Wildman–Crippen MR) is 60.8 cm³/mol. The van der Waals surface area contributed by atoms with Gasteiger partial charge in [-0.3, -0.25) is 4.79 Å². The maximum Gasteiger partial charge on any atom is 0.241 e. The monoisotopic (exact) mass is 222 g/mol. The van der Waals surface area contributed by atoms with E-state index in [-0.39, 0.29) is 17.8 Å². The van der Waals surface area contributed by atoms with E-state index in [1.807, 2.05) is 0 Å². The highest BCUT2D eigenvalue weighted by atomic mass is 19.1. The van der Waals surface area contributed by atoms with E-state index in [9.17, 15) is 9.18 Å². The maximum atomic E-state index is 13.2. The Morgan fingerprint density at radius 3 is 3.00 bits per heavy atom. The van der Waals surface area contributed by atoms with Crippen LogP contribution in [0.2, 0.25) is 0 Å². The van der Waals surface area contributed by atoms with Gasteiger partial charge in [0.2, 0.25) is 5.91 Å². The first-order valence-corrected chi connectivity index (χ1v) is 5.47. The van der Waals surface area contributed by atoms with Crippen LogP contribution >= 0.6 is 0 Å². The lowest BCUT2D eigenvalue weighted by Crippen LogP contribution is -2.35. The van der Waals surface area contributed by atoms with E-state index in [2.05, 4.69) is 10.6 Å². The Hall–Kier alpha value is -1.42. The number of nitrogens with one attached hydrogen (secondary N) is 2. The van der Waals surface area contributed by atoms with Gasteiger partial charge in [-0.15, -0.1) is 0 Å². The molecule has 1 unspecified atom stereocenters. The summed E-state index contributed by atoms with van der Waals surface area (Å²) in [7, 11) is 0. The topological polar surface area (TPSA) is 41.1 Å². The fraction of sp³-hybridized carbons (Fsp3) is 0.417. The van der Waals surface area contributed by atoms with Gasteiger partial charge in [0.25, 0.3) is 0 Å². The number of anilines is 1. The van der Waals surface area contributed by atoms with Gasteiger partial charge in [0.15, 0.2) is 0 Å². The van der Waals surface area contributed by atoms with Crippen LogP contribution in [0.4, 0.5) is 10.1 Å². The molecule has 1 amide bonds. The normalized spacial score (nSPS) is 19.8. The van der Waals surface area contributed by atoms with Crippen molar-refractivity contribution >= 4 is 11.6 Å². The molecule has 1 aromatic rings. The number of rotatable bonds is 2. The summed E-state index contributed by atoms with van der Waals surface area (Å²) in [6.45, 7) is 2.57. The largest absolute Gasteiger partial charge is 0.325 e. The highest BCUT2D eigenvalue weighted by Crippen LogP contribution is 2.15. The molecular formula is C12H15FN2O. The zero-order chi connectivity index (χ0) is 11.5. The average Bonchev–Trinajstić information content (AvgIpc) is 2.77. The summed E-state index contributed by atoms with van der Waals surface area (Å²) in [4.78, 5) is 11.7. The van der Waals surface area contributed by atoms with Crippen LogP contribution in [0.15, 0.2) is 18.2 Å². The summed E-state index contributed by atoms with van der Waals surface area (Å²) < 4.78 is 13.2. The average molecular weight is 222 g/mol. The van der Waals surface area contributed by atoms with Crippen LogP contribution in [-0.2, 0) is 4.79 Å². The van der Waals surface area contributed by atoms with Crippen molar-refractivity contribution in [2.24, 2.45) is 0 Å². The maximum absolute atomic E-state index is 13.2. The molecule has 0 saturated carbocycles. The van der Waals surface area contributed by atoms with Gasteiger partial charge < -0.3 is 10.6 Å². The molecular weight excluding hydrogens is 207 g/mol. The smallest absolute Gasteiger partial charge is 0.241 e. The SMILES string of the molecule is Cc1ccc(NC(=O)C2CCCN2)cc1F. The van der Waals surface area contributed by atoms with Crippen molar-refractivity contribution in [3.8, 4) is 0 Å². The first-order valence-electron chi connectivity index (χ1n) is 5.47. The van der Waals surface area contributed by atoms with Crippen LogP contribution in [0.3, 0.4) is 0 Å². The molecule has 1 aromatic carbocycles. The zero-order valence-corrected chi connectivity index (χ0v) is 9.22. The first-order chi connectivity index (χ1) is 7.66. The van der Waals surface area contributed by atoms with Crippen molar-refractivity contribution in [3.05, 3.63) is 29.6 Å². The molecule has 0 spiro atoms. The molecule has 2 rings (SSSR count). The van der Waals surface area contributed by atoms with E-state index in [4.69, 9.17) is 0 Å². The summed E-state index contributed by atoms with van der Waals surface area (Å²) >= 11 is 0. The van der Waals surface area contributed by atoms with Crippen LogP contribution < -0.4 is 10.6 Å². The summed E-state index contributed by atoms with van der Waals surface area (Å²) in [5.74, 6) is -0.377. The van der Waals surface area contributed by atoms with E-state index >= 15 is 0 Å². The molecule has 0 aromatic heterocycles. The number of hydrogen-bond acceptors (Lipinski definition) is 2. The molecule has 1 aliphatic heterocycles. The Labute approximate surface area is 94.0 Å². The molecule has 1 fully saturated rings. The third kappa shape index (κ3) is 2.39. The second kappa shape index (κ2) is 4.61. The van der Waals surface area contributed by atoms with E-state index in [1.54, 1.807) is 19.1 Å². The lowest BCUT2D eigenvalue weighted by molar-refractivity contribution is -0.117. The van der Waals surface area contributed by atoms with Crippen LogP contribution in [0.1, 0.15) is 18.4 Å². The summed E-state index contributed by atoms with van der Waals surface area (Å²) in [6.07, 6.45) is 1.86. The molecule has 1 saturated heterocycles. The number of amides is 1. The highest BCUT2D eigenvalue weighted by Gasteiger charge is 2.21. The Morgan fingerprint density at radius 2 is 2.38 bits per heavy atom. The Kier molecular flexibility index (Phi) is 3.19. The Morgan fingerprint density at radius 1 is 1.56 bits per heavy atom. The first kappa shape index (κ1) is 11.1. The molecule has 16 heavy (non-hydrogen) atoms. The third-order valence-corrected chi connectivity index (χ3v) is 2.82. The quantitative estimate of drug-likeness (QED) is 0.801. The van der Waals surface area contributed by atoms with E-state index in [0.29, 0.717) is 11.3 Å². The van der Waals surface area contributed by atoms with Crippen LogP contribution in [-0.4, -0.2) is 18.5 Å². The molecule has 1 heterocycles. The molecule has 2 N–H and O–H groups in total. The van der Waals surface area contributed by atoms with Crippen molar-refractivity contribution in [1.29, 1.82) is 0 Å². The zero-order valence-electron chi connectivity index (χ0n) is 9.22. The lowest BCUT2D eigenvalue weighted by atomic mass is 10.2. The number of aryl methyl sites for hydroxylation is 1. The van der Waals surface area contributed by atoms with Crippen LogP contribution in [0.5, 0.6) is 0 Å². The van der Waals surface area contributed by atoms with Gasteiger partial charge in [-0.05, 0) is 44.0 Å². The molecule has 1 aliphatic rings. The molecule has 3 nitrogen and oxygen atoms in total. The molecule has 4 heteroatoms. The second-order valence-electron chi connectivity index (χ2n) is 4.10. The predicted octanol–water partition coefficient (Wildman–Crippen LogP) is 1.82. The van der Waals surface area contributed by atoms with Crippen LogP contribution in [0, 0.1) is 12.7 Å². The Balaban J connectivity index is 2.02. The van der Waals surface area contributed by atoms with E-state index in [0.717, 1.165) is 19.4 Å². The van der Waals surface area contributed by atoms with Gasteiger partial charge in [-0.25, -0.2) is 4.39 Å². The van der Waals surface area contributed by atoms with Crippen molar-refractivity contribution in [2.75, 3.05) is 11.9 Å². The van der Waals surface area contributed by atoms with E-state index < -0.39 is 0 Å². The van der Waals surface area contributed by atoms with Gasteiger partial charge in [0.05, 0.1) is 6.04 Å². The highest BCUT2D eigenvalue weighted by molar-refractivity contribution is 5.95. The second-order valence-corrected chi connectivity index (χ2v) is 4.10. The van der Waals surface area contributed by atoms with Gasteiger partial charge in [0, 0.05) is 5.69 Å². The van der Waals surface area contributed by atoms with Gasteiger partial charge in [0.1, 0.15) is 5.82 Å². The fourth-order valence-corrected chi connectivity index (χ4v) is 1.81. The summed E-state index contributed by atoms with van der Waals surface area (Å²) in [5.41, 5.74) is 1.10. The van der Waals surface area contributed by atoms with Crippen molar-refractivity contribution in [1.82, 2.24) is 5.32 Å². The van der Waals surface area contributed by atoms with Gasteiger partial charge >= 0.3 is 0 Å². The standard InChI is InChI=1S/C12H15FN2O/c1-8-4-5-9(7-10(8)13)15-12(16)11-3-2-6-14-11/h4-5,7,11,14H,2-3,6H2,1H3,(H,15,16). The molecule has 0 radical (unpaired) electrons. The van der Waals surface area contributed by atoms with E-state index in [1.165, 1.54) is 6.07 Å². The lowest BCUT2D eigenvalue weighted by Gasteiger charge is -2.11. The van der Waals surface area contributed by atoms with Crippen molar-refractivity contribution in [2.45, 2.75) is 25.8 Å². The number of carbonyl (C=O) groups is 1. The third-order valence-electron chi connectivity index (χ3n) is 2.82. The number of carbonyl (C=O) groups excluding carboxylic acids is 1. The molecule has 1 atom stereocenters. The summed E-state index contributed by atoms with van der Waals surface area (Å²) in [5, 5.41) is 5.81. The Bertz CT molecular complexity index is 400. The molecule has 0 bridgehead atoms. The van der Waals surface area contributed by atoms with Gasteiger partial charge in [-0.1, -0.05) is 6.07 Å². The number of hydrogen-bond donors (Lipinski definition) is 2.